The number of nitrogens with one attached hydrogen (secondary N) is 1. The van der Waals surface area contributed by atoms with Gasteiger partial charge in [-0.2, -0.15) is 5.26 Å². The number of ether oxygens (including phenoxy) is 1. The summed E-state index contributed by atoms with van der Waals surface area (Å²) in [4.78, 5) is 7.62. The van der Waals surface area contributed by atoms with E-state index in [1.807, 2.05) is 42.5 Å². The van der Waals surface area contributed by atoms with Gasteiger partial charge in [-0.1, -0.05) is 11.6 Å². The average Bonchev–Trinajstić information content (AvgIpc) is 3.32. The number of benzene rings is 2. The van der Waals surface area contributed by atoms with Crippen molar-refractivity contribution in [1.82, 2.24) is 9.97 Å². The van der Waals surface area contributed by atoms with Crippen LogP contribution < -0.4 is 4.74 Å². The topological polar surface area (TPSA) is 74.8 Å². The number of hydrogen-bond donors (Lipinski definition) is 1. The summed E-state index contributed by atoms with van der Waals surface area (Å²) in [6.45, 7) is 0. The van der Waals surface area contributed by atoms with Crippen LogP contribution in [0, 0.1) is 11.3 Å². The lowest BCUT2D eigenvalue weighted by molar-refractivity contribution is 0.415. The first-order valence-corrected chi connectivity index (χ1v) is 8.56. The molecule has 27 heavy (non-hydrogen) atoms. The fraction of sp³-hybridized carbons (Fsp3) is 0.0476. The summed E-state index contributed by atoms with van der Waals surface area (Å²) in [5, 5.41) is 10.2. The molecule has 5 nitrogen and oxygen atoms in total. The molecule has 0 fully saturated rings. The summed E-state index contributed by atoms with van der Waals surface area (Å²) in [5.41, 5.74) is 2.84. The maximum absolute atomic E-state index is 9.56. The van der Waals surface area contributed by atoms with Gasteiger partial charge in [0.05, 0.1) is 23.7 Å². The van der Waals surface area contributed by atoms with Gasteiger partial charge in [-0.25, -0.2) is 4.98 Å². The van der Waals surface area contributed by atoms with E-state index in [0.29, 0.717) is 27.9 Å². The molecule has 2 heterocycles. The van der Waals surface area contributed by atoms with Crippen molar-refractivity contribution in [2.45, 2.75) is 0 Å². The normalized spacial score (nSPS) is 11.5. The molecule has 0 saturated carbocycles. The zero-order valence-electron chi connectivity index (χ0n) is 14.4. The number of imidazole rings is 1. The maximum atomic E-state index is 9.56. The van der Waals surface area contributed by atoms with E-state index < -0.39 is 0 Å². The summed E-state index contributed by atoms with van der Waals surface area (Å²) in [6, 6.07) is 18.7. The van der Waals surface area contributed by atoms with E-state index in [1.165, 1.54) is 0 Å². The zero-order chi connectivity index (χ0) is 18.8. The van der Waals surface area contributed by atoms with Gasteiger partial charge >= 0.3 is 0 Å². The third-order valence-electron chi connectivity index (χ3n) is 4.11. The number of fused-ring (bicyclic) bond motifs is 1. The van der Waals surface area contributed by atoms with E-state index >= 15 is 0 Å². The van der Waals surface area contributed by atoms with Crippen molar-refractivity contribution in [3.63, 3.8) is 0 Å². The smallest absolute Gasteiger partial charge is 0.149 e. The highest BCUT2D eigenvalue weighted by molar-refractivity contribution is 6.30. The van der Waals surface area contributed by atoms with Crippen LogP contribution in [0.5, 0.6) is 5.75 Å². The molecule has 0 unspecified atom stereocenters. The van der Waals surface area contributed by atoms with Gasteiger partial charge in [0.15, 0.2) is 0 Å². The Morgan fingerprint density at radius 2 is 2.00 bits per heavy atom. The number of allylic oxidation sites excluding steroid dienone is 1. The van der Waals surface area contributed by atoms with E-state index in [-0.39, 0.29) is 0 Å². The largest absolute Gasteiger partial charge is 0.497 e. The average molecular weight is 376 g/mol. The molecule has 132 valence electrons. The lowest BCUT2D eigenvalue weighted by atomic mass is 10.2. The van der Waals surface area contributed by atoms with E-state index in [9.17, 15) is 5.26 Å². The monoisotopic (exact) mass is 375 g/mol. The number of furan rings is 1. The van der Waals surface area contributed by atoms with Crippen LogP contribution >= 0.6 is 11.6 Å². The molecule has 1 N–H and O–H groups in total. The first-order valence-electron chi connectivity index (χ1n) is 8.18. The number of methoxy groups -OCH3 is 1. The number of aromatic amines is 1. The molecule has 0 amide bonds. The molecule has 0 aliphatic rings. The van der Waals surface area contributed by atoms with Crippen molar-refractivity contribution in [1.29, 1.82) is 5.26 Å². The lowest BCUT2D eigenvalue weighted by Gasteiger charge is -1.97. The third kappa shape index (κ3) is 3.43. The zero-order valence-corrected chi connectivity index (χ0v) is 15.1. The molecule has 0 radical (unpaired) electrons. The predicted octanol–water partition coefficient (Wildman–Crippen LogP) is 5.55. The Bertz CT molecular complexity index is 1180. The summed E-state index contributed by atoms with van der Waals surface area (Å²) in [5.74, 6) is 2.46. The molecule has 4 rings (SSSR count). The van der Waals surface area contributed by atoms with Crippen LogP contribution in [0.15, 0.2) is 59.0 Å². The highest BCUT2D eigenvalue weighted by Crippen LogP contribution is 2.27. The number of H-pyrrole nitrogens is 1. The maximum Gasteiger partial charge on any atom is 0.149 e. The van der Waals surface area contributed by atoms with E-state index in [1.54, 1.807) is 25.3 Å². The molecular formula is C21H14ClN3O2. The third-order valence-corrected chi connectivity index (χ3v) is 4.36. The fourth-order valence-electron chi connectivity index (χ4n) is 2.74. The van der Waals surface area contributed by atoms with Gasteiger partial charge in [0.1, 0.15) is 29.2 Å². The quantitative estimate of drug-likeness (QED) is 0.474. The second kappa shape index (κ2) is 7.02. The SMILES string of the molecule is COc1ccc2nc(/C(C#N)=C\c3ccc(-c4ccc(Cl)cc4)o3)[nH]c2c1. The number of hydrogen-bond acceptors (Lipinski definition) is 4. The summed E-state index contributed by atoms with van der Waals surface area (Å²) in [7, 11) is 1.61. The van der Waals surface area contributed by atoms with Gasteiger partial charge in [-0.15, -0.1) is 0 Å². The number of halogens is 1. The molecule has 2 aromatic heterocycles. The predicted molar refractivity (Wildman–Crippen MR) is 105 cm³/mol. The van der Waals surface area contributed by atoms with Crippen molar-refractivity contribution in [3.05, 3.63) is 71.2 Å². The molecule has 0 aliphatic carbocycles. The van der Waals surface area contributed by atoms with Crippen LogP contribution in [-0.4, -0.2) is 17.1 Å². The Morgan fingerprint density at radius 1 is 1.19 bits per heavy atom. The minimum Gasteiger partial charge on any atom is -0.497 e. The second-order valence-corrected chi connectivity index (χ2v) is 6.28. The summed E-state index contributed by atoms with van der Waals surface area (Å²) < 4.78 is 11.1. The van der Waals surface area contributed by atoms with E-state index in [0.717, 1.165) is 22.3 Å². The molecule has 4 aromatic rings. The Hall–Kier alpha value is -3.49. The van der Waals surface area contributed by atoms with Crippen molar-refractivity contribution in [2.24, 2.45) is 0 Å². The number of nitrogens with zero attached hydrogens (tertiary/aromatic N) is 2. The molecule has 0 bridgehead atoms. The summed E-state index contributed by atoms with van der Waals surface area (Å²) in [6.07, 6.45) is 1.66. The highest BCUT2D eigenvalue weighted by Gasteiger charge is 2.11. The molecule has 6 heteroatoms. The molecule has 0 spiro atoms. The summed E-state index contributed by atoms with van der Waals surface area (Å²) >= 11 is 5.92. The van der Waals surface area contributed by atoms with E-state index in [2.05, 4.69) is 16.0 Å². The minimum atomic E-state index is 0.377. The number of nitriles is 1. The first-order chi connectivity index (χ1) is 13.2. The first kappa shape index (κ1) is 17.0. The van der Waals surface area contributed by atoms with Crippen molar-refractivity contribution in [3.8, 4) is 23.1 Å². The lowest BCUT2D eigenvalue weighted by Crippen LogP contribution is -1.84. The van der Waals surface area contributed by atoms with Crippen molar-refractivity contribution in [2.75, 3.05) is 7.11 Å². The Labute approximate surface area is 160 Å². The second-order valence-electron chi connectivity index (χ2n) is 5.85. The fourth-order valence-corrected chi connectivity index (χ4v) is 2.86. The standard InChI is InChI=1S/C21H14ClN3O2/c1-26-16-6-8-18-19(11-16)25-21(24-18)14(12-23)10-17-7-9-20(27-17)13-2-4-15(22)5-3-13/h2-11H,1H3,(H,24,25)/b14-10-. The van der Waals surface area contributed by atoms with Crippen LogP contribution in [-0.2, 0) is 0 Å². The molecule has 0 atom stereocenters. The van der Waals surface area contributed by atoms with Gasteiger partial charge in [-0.3, -0.25) is 0 Å². The van der Waals surface area contributed by atoms with Gasteiger partial charge in [0, 0.05) is 22.7 Å². The van der Waals surface area contributed by atoms with Gasteiger partial charge in [0.25, 0.3) is 0 Å². The van der Waals surface area contributed by atoms with Crippen LogP contribution in [0.1, 0.15) is 11.6 Å². The molecule has 0 aliphatic heterocycles. The van der Waals surface area contributed by atoms with Crippen LogP contribution in [0.2, 0.25) is 5.02 Å². The molecule has 0 saturated heterocycles. The highest BCUT2D eigenvalue weighted by atomic mass is 35.5. The minimum absolute atomic E-state index is 0.377. The Kier molecular flexibility index (Phi) is 4.41. The van der Waals surface area contributed by atoms with Crippen molar-refractivity contribution < 1.29 is 9.15 Å². The number of rotatable bonds is 4. The van der Waals surface area contributed by atoms with Crippen LogP contribution in [0.25, 0.3) is 34.0 Å². The number of aromatic nitrogens is 2. The molecular weight excluding hydrogens is 362 g/mol. The molecule has 2 aromatic carbocycles. The van der Waals surface area contributed by atoms with Gasteiger partial charge in [0.2, 0.25) is 0 Å². The Balaban J connectivity index is 1.68. The van der Waals surface area contributed by atoms with Crippen LogP contribution in [0.4, 0.5) is 0 Å². The Morgan fingerprint density at radius 3 is 2.74 bits per heavy atom. The van der Waals surface area contributed by atoms with E-state index in [4.69, 9.17) is 20.8 Å². The van der Waals surface area contributed by atoms with Gasteiger partial charge < -0.3 is 14.1 Å². The van der Waals surface area contributed by atoms with Crippen LogP contribution in [0.3, 0.4) is 0 Å². The van der Waals surface area contributed by atoms with Crippen molar-refractivity contribution >= 4 is 34.3 Å². The van der Waals surface area contributed by atoms with Gasteiger partial charge in [-0.05, 0) is 48.5 Å².